The van der Waals surface area contributed by atoms with Crippen molar-refractivity contribution in [3.8, 4) is 11.3 Å². The Balaban J connectivity index is 1.52. The molecule has 3 aromatic rings. The number of thioether (sulfide) groups is 1. The number of aromatic carboxylic acids is 1. The lowest BCUT2D eigenvalue weighted by atomic mass is 10.1. The molecule has 3 N–H and O–H groups in total. The molecule has 1 aliphatic heterocycles. The van der Waals surface area contributed by atoms with E-state index in [2.05, 4.69) is 10.6 Å². The van der Waals surface area contributed by atoms with Crippen LogP contribution in [0.2, 0.25) is 5.02 Å². The number of rotatable bonds is 5. The molecular formula is C22H17ClN2O4S. The smallest absolute Gasteiger partial charge is 0.336 e. The molecule has 1 saturated heterocycles. The summed E-state index contributed by atoms with van der Waals surface area (Å²) >= 11 is 7.33. The van der Waals surface area contributed by atoms with Crippen molar-refractivity contribution in [3.05, 3.63) is 81.4 Å². The van der Waals surface area contributed by atoms with Gasteiger partial charge in [-0.25, -0.2) is 4.79 Å². The predicted octanol–water partition coefficient (Wildman–Crippen LogP) is 5.21. The van der Waals surface area contributed by atoms with Crippen LogP contribution in [0.1, 0.15) is 21.7 Å². The molecule has 152 valence electrons. The van der Waals surface area contributed by atoms with Crippen molar-refractivity contribution in [3.63, 3.8) is 0 Å². The number of carbonyl (C=O) groups is 2. The molecule has 0 radical (unpaired) electrons. The number of carboxylic acid groups (broad SMARTS) is 1. The molecule has 1 aliphatic rings. The van der Waals surface area contributed by atoms with Gasteiger partial charge >= 0.3 is 5.97 Å². The SMILES string of the molecule is Cc1cc(Cl)ccc1NC1NC(=O)/C(=C/c2ccc(-c3ccccc3C(=O)O)o2)S1. The minimum absolute atomic E-state index is 0.154. The van der Waals surface area contributed by atoms with Crippen molar-refractivity contribution < 1.29 is 19.1 Å². The second-order valence-corrected chi connectivity index (χ2v) is 8.22. The average molecular weight is 441 g/mol. The lowest BCUT2D eigenvalue weighted by molar-refractivity contribution is -0.116. The van der Waals surface area contributed by atoms with Gasteiger partial charge in [-0.2, -0.15) is 0 Å². The number of nitrogens with one attached hydrogen (secondary N) is 2. The molecule has 1 aromatic heterocycles. The third-order valence-electron chi connectivity index (χ3n) is 4.53. The van der Waals surface area contributed by atoms with Gasteiger partial charge < -0.3 is 20.2 Å². The van der Waals surface area contributed by atoms with E-state index >= 15 is 0 Å². The fraction of sp³-hybridized carbons (Fsp3) is 0.0909. The van der Waals surface area contributed by atoms with Crippen LogP contribution in [0.3, 0.4) is 0 Å². The third-order valence-corrected chi connectivity index (χ3v) is 5.79. The summed E-state index contributed by atoms with van der Waals surface area (Å²) in [6, 6.07) is 15.5. The number of carbonyl (C=O) groups excluding carboxylic acids is 1. The van der Waals surface area contributed by atoms with E-state index in [9.17, 15) is 14.7 Å². The Bertz CT molecular complexity index is 1170. The molecule has 8 heteroatoms. The molecule has 1 unspecified atom stereocenters. The summed E-state index contributed by atoms with van der Waals surface area (Å²) in [6.07, 6.45) is 1.64. The largest absolute Gasteiger partial charge is 0.478 e. The van der Waals surface area contributed by atoms with Crippen LogP contribution in [0.4, 0.5) is 5.69 Å². The van der Waals surface area contributed by atoms with Crippen molar-refractivity contribution in [2.24, 2.45) is 0 Å². The Kier molecular flexibility index (Phi) is 5.57. The maximum atomic E-state index is 12.4. The van der Waals surface area contributed by atoms with E-state index in [1.807, 2.05) is 19.1 Å². The maximum absolute atomic E-state index is 12.4. The predicted molar refractivity (Wildman–Crippen MR) is 118 cm³/mol. The molecule has 0 spiro atoms. The highest BCUT2D eigenvalue weighted by atomic mass is 35.5. The second-order valence-electron chi connectivity index (χ2n) is 6.64. The molecule has 0 aliphatic carbocycles. The van der Waals surface area contributed by atoms with Crippen LogP contribution in [0.25, 0.3) is 17.4 Å². The number of anilines is 1. The highest BCUT2D eigenvalue weighted by molar-refractivity contribution is 8.05. The standard InChI is InChI=1S/C22H17ClN2O4S/c1-12-10-13(23)6-8-17(12)24-22-25-20(26)19(30-22)11-14-7-9-18(29-14)15-4-2-3-5-16(15)21(27)28/h2-11,22,24H,1H3,(H,25,26)(H,27,28)/b19-11-. The van der Waals surface area contributed by atoms with E-state index in [0.717, 1.165) is 11.3 Å². The molecule has 1 fully saturated rings. The van der Waals surface area contributed by atoms with Gasteiger partial charge in [0.2, 0.25) is 0 Å². The average Bonchev–Trinajstić information content (AvgIpc) is 3.31. The highest BCUT2D eigenvalue weighted by Gasteiger charge is 2.28. The van der Waals surface area contributed by atoms with Crippen molar-refractivity contribution in [1.29, 1.82) is 0 Å². The Morgan fingerprint density at radius 3 is 2.80 bits per heavy atom. The van der Waals surface area contributed by atoms with Crippen LogP contribution < -0.4 is 10.6 Å². The zero-order chi connectivity index (χ0) is 21.3. The van der Waals surface area contributed by atoms with Gasteiger partial charge in [0.15, 0.2) is 5.50 Å². The van der Waals surface area contributed by atoms with Gasteiger partial charge in [-0.3, -0.25) is 4.79 Å². The first kappa shape index (κ1) is 20.1. The van der Waals surface area contributed by atoms with Crippen molar-refractivity contribution in [2.75, 3.05) is 5.32 Å². The fourth-order valence-electron chi connectivity index (χ4n) is 3.08. The van der Waals surface area contributed by atoms with Crippen LogP contribution in [0.15, 0.2) is 63.9 Å². The highest BCUT2D eigenvalue weighted by Crippen LogP contribution is 2.33. The number of hydrogen-bond donors (Lipinski definition) is 3. The minimum atomic E-state index is -1.03. The summed E-state index contributed by atoms with van der Waals surface area (Å²) in [5, 5.41) is 16.2. The number of aryl methyl sites for hydroxylation is 1. The summed E-state index contributed by atoms with van der Waals surface area (Å²) in [4.78, 5) is 24.3. The van der Waals surface area contributed by atoms with Gasteiger partial charge in [0.05, 0.1) is 10.5 Å². The van der Waals surface area contributed by atoms with Crippen molar-refractivity contribution in [2.45, 2.75) is 12.4 Å². The van der Waals surface area contributed by atoms with E-state index in [0.29, 0.717) is 27.0 Å². The summed E-state index contributed by atoms with van der Waals surface area (Å²) in [5.41, 5.74) is 2.16. The summed E-state index contributed by atoms with van der Waals surface area (Å²) in [6.45, 7) is 1.94. The minimum Gasteiger partial charge on any atom is -0.478 e. The number of halogens is 1. The maximum Gasteiger partial charge on any atom is 0.336 e. The molecule has 1 amide bonds. The van der Waals surface area contributed by atoms with Gasteiger partial charge in [0.1, 0.15) is 11.5 Å². The number of benzene rings is 2. The second kappa shape index (κ2) is 8.30. The normalized spacial score (nSPS) is 17.2. The van der Waals surface area contributed by atoms with Gasteiger partial charge in [0.25, 0.3) is 5.91 Å². The van der Waals surface area contributed by atoms with Gasteiger partial charge in [-0.05, 0) is 48.9 Å². The van der Waals surface area contributed by atoms with Crippen LogP contribution in [-0.4, -0.2) is 22.5 Å². The zero-order valence-electron chi connectivity index (χ0n) is 15.8. The first-order valence-electron chi connectivity index (χ1n) is 9.05. The molecule has 4 rings (SSSR count). The van der Waals surface area contributed by atoms with E-state index in [4.69, 9.17) is 16.0 Å². The van der Waals surface area contributed by atoms with Crippen LogP contribution in [0.5, 0.6) is 0 Å². The summed E-state index contributed by atoms with van der Waals surface area (Å²) in [5.74, 6) is -0.354. The van der Waals surface area contributed by atoms with Crippen LogP contribution in [-0.2, 0) is 4.79 Å². The Hall–Kier alpha value is -3.16. The van der Waals surface area contributed by atoms with Crippen molar-refractivity contribution >= 4 is 47.0 Å². The Morgan fingerprint density at radius 1 is 1.23 bits per heavy atom. The van der Waals surface area contributed by atoms with Crippen LogP contribution >= 0.6 is 23.4 Å². The lowest BCUT2D eigenvalue weighted by Gasteiger charge is -2.14. The molecule has 0 saturated carbocycles. The van der Waals surface area contributed by atoms with Gasteiger partial charge in [-0.15, -0.1) is 0 Å². The monoisotopic (exact) mass is 440 g/mol. The lowest BCUT2D eigenvalue weighted by Crippen LogP contribution is -2.31. The Labute approximate surface area is 181 Å². The first-order valence-corrected chi connectivity index (χ1v) is 10.3. The molecule has 1 atom stereocenters. The van der Waals surface area contributed by atoms with Crippen molar-refractivity contribution in [1.82, 2.24) is 5.32 Å². The molecular weight excluding hydrogens is 424 g/mol. The van der Waals surface area contributed by atoms with Gasteiger partial charge in [0, 0.05) is 22.3 Å². The van der Waals surface area contributed by atoms with Gasteiger partial charge in [-0.1, -0.05) is 41.6 Å². The van der Waals surface area contributed by atoms with E-state index < -0.39 is 5.97 Å². The Morgan fingerprint density at radius 2 is 2.03 bits per heavy atom. The zero-order valence-corrected chi connectivity index (χ0v) is 17.4. The summed E-state index contributed by atoms with van der Waals surface area (Å²) in [7, 11) is 0. The van der Waals surface area contributed by atoms with E-state index in [1.54, 1.807) is 42.5 Å². The quantitative estimate of drug-likeness (QED) is 0.472. The van der Waals surface area contributed by atoms with E-state index in [-0.39, 0.29) is 17.0 Å². The van der Waals surface area contributed by atoms with E-state index in [1.165, 1.54) is 17.8 Å². The number of hydrogen-bond acceptors (Lipinski definition) is 5. The molecule has 30 heavy (non-hydrogen) atoms. The molecule has 0 bridgehead atoms. The number of carboxylic acids is 1. The summed E-state index contributed by atoms with van der Waals surface area (Å²) < 4.78 is 5.79. The topological polar surface area (TPSA) is 91.6 Å². The third kappa shape index (κ3) is 4.22. The first-order chi connectivity index (χ1) is 14.4. The fourth-order valence-corrected chi connectivity index (χ4v) is 4.27. The molecule has 2 aromatic carbocycles. The molecule has 2 heterocycles. The number of amides is 1. The molecule has 6 nitrogen and oxygen atoms in total. The van der Waals surface area contributed by atoms with Crippen LogP contribution in [0, 0.1) is 6.92 Å². The number of furan rings is 1.